The number of primary amides is 1. The summed E-state index contributed by atoms with van der Waals surface area (Å²) in [5.41, 5.74) is 6.72. The molecule has 1 aromatic carbocycles. The maximum atomic E-state index is 11.6. The number of hydrogen-bond donors (Lipinski definition) is 4. The summed E-state index contributed by atoms with van der Waals surface area (Å²) in [6.45, 7) is 3.01. The third-order valence-electron chi connectivity index (χ3n) is 2.31. The molecule has 0 atom stereocenters. The number of carbonyl (C=O) groups excluding carboxylic acids is 2. The van der Waals surface area contributed by atoms with Crippen LogP contribution in [0.2, 0.25) is 0 Å². The molecule has 0 saturated carbocycles. The van der Waals surface area contributed by atoms with E-state index in [0.29, 0.717) is 13.1 Å². The lowest BCUT2D eigenvalue weighted by Crippen LogP contribution is -2.37. The van der Waals surface area contributed by atoms with Gasteiger partial charge in [-0.2, -0.15) is 0 Å². The van der Waals surface area contributed by atoms with Crippen molar-refractivity contribution >= 4 is 17.6 Å². The number of benzene rings is 1. The molecule has 0 aliphatic rings. The van der Waals surface area contributed by atoms with Crippen molar-refractivity contribution in [1.29, 1.82) is 0 Å². The van der Waals surface area contributed by atoms with Gasteiger partial charge in [0.15, 0.2) is 0 Å². The minimum absolute atomic E-state index is 0.122. The van der Waals surface area contributed by atoms with Crippen LogP contribution in [0.25, 0.3) is 0 Å². The van der Waals surface area contributed by atoms with Crippen LogP contribution in [0.1, 0.15) is 5.56 Å². The number of aryl methyl sites for hydroxylation is 1. The number of urea groups is 1. The number of nitrogens with one attached hydrogen (secondary N) is 3. The zero-order chi connectivity index (χ0) is 13.4. The van der Waals surface area contributed by atoms with E-state index in [1.54, 1.807) is 0 Å². The van der Waals surface area contributed by atoms with Gasteiger partial charge >= 0.3 is 6.03 Å². The summed E-state index contributed by atoms with van der Waals surface area (Å²) in [6, 6.07) is 6.99. The Bertz CT molecular complexity index is 420. The molecule has 1 aromatic rings. The van der Waals surface area contributed by atoms with E-state index in [1.165, 1.54) is 0 Å². The molecule has 1 rings (SSSR count). The average Bonchev–Trinajstić information content (AvgIpc) is 2.31. The predicted octanol–water partition coefficient (Wildman–Crippen LogP) is 0.191. The average molecular weight is 250 g/mol. The van der Waals surface area contributed by atoms with Gasteiger partial charge < -0.3 is 21.7 Å². The lowest BCUT2D eigenvalue weighted by atomic mass is 10.2. The van der Waals surface area contributed by atoms with Crippen molar-refractivity contribution in [3.63, 3.8) is 0 Å². The summed E-state index contributed by atoms with van der Waals surface area (Å²) in [5.74, 6) is -0.122. The summed E-state index contributed by atoms with van der Waals surface area (Å²) < 4.78 is 0. The molecule has 0 fully saturated rings. The van der Waals surface area contributed by atoms with Crippen LogP contribution in [0.15, 0.2) is 24.3 Å². The number of amides is 3. The Morgan fingerprint density at radius 1 is 1.22 bits per heavy atom. The first-order valence-corrected chi connectivity index (χ1v) is 5.69. The van der Waals surface area contributed by atoms with Crippen molar-refractivity contribution in [2.24, 2.45) is 5.73 Å². The van der Waals surface area contributed by atoms with Crippen molar-refractivity contribution in [3.8, 4) is 0 Å². The number of para-hydroxylation sites is 1. The molecule has 0 bridgehead atoms. The third-order valence-corrected chi connectivity index (χ3v) is 2.31. The molecule has 0 aliphatic carbocycles. The van der Waals surface area contributed by atoms with Gasteiger partial charge in [-0.05, 0) is 18.6 Å². The Labute approximate surface area is 106 Å². The molecule has 0 spiro atoms. The highest BCUT2D eigenvalue weighted by Gasteiger charge is 2.03. The first-order valence-electron chi connectivity index (χ1n) is 5.69. The highest BCUT2D eigenvalue weighted by Crippen LogP contribution is 2.12. The van der Waals surface area contributed by atoms with Crippen LogP contribution in [-0.2, 0) is 4.79 Å². The van der Waals surface area contributed by atoms with Crippen LogP contribution in [0.4, 0.5) is 10.5 Å². The Morgan fingerprint density at radius 2 is 1.94 bits per heavy atom. The molecule has 0 radical (unpaired) electrons. The van der Waals surface area contributed by atoms with Crippen LogP contribution in [0, 0.1) is 6.92 Å². The fraction of sp³-hybridized carbons (Fsp3) is 0.333. The fourth-order valence-electron chi connectivity index (χ4n) is 1.38. The lowest BCUT2D eigenvalue weighted by Gasteiger charge is -2.08. The van der Waals surface area contributed by atoms with Gasteiger partial charge in [0.2, 0.25) is 5.91 Å². The minimum Gasteiger partial charge on any atom is -0.352 e. The molecule has 0 saturated heterocycles. The number of nitrogens with two attached hydrogens (primary N) is 1. The van der Waals surface area contributed by atoms with E-state index < -0.39 is 6.03 Å². The van der Waals surface area contributed by atoms with Crippen molar-refractivity contribution in [3.05, 3.63) is 29.8 Å². The Hall–Kier alpha value is -2.08. The quantitative estimate of drug-likeness (QED) is 0.543. The van der Waals surface area contributed by atoms with Crippen LogP contribution < -0.4 is 21.7 Å². The molecular formula is C12H18N4O2. The summed E-state index contributed by atoms with van der Waals surface area (Å²) >= 11 is 0. The maximum Gasteiger partial charge on any atom is 0.312 e. The van der Waals surface area contributed by atoms with E-state index >= 15 is 0 Å². The Kier molecular flexibility index (Phi) is 5.66. The summed E-state index contributed by atoms with van der Waals surface area (Å²) in [7, 11) is 0. The molecule has 0 unspecified atom stereocenters. The highest BCUT2D eigenvalue weighted by atomic mass is 16.2. The summed E-state index contributed by atoms with van der Waals surface area (Å²) in [4.78, 5) is 22.0. The van der Waals surface area contributed by atoms with E-state index in [2.05, 4.69) is 16.0 Å². The van der Waals surface area contributed by atoms with Gasteiger partial charge in [0.25, 0.3) is 0 Å². The molecule has 0 aliphatic heterocycles. The van der Waals surface area contributed by atoms with Crippen LogP contribution in [-0.4, -0.2) is 31.6 Å². The number of rotatable bonds is 6. The molecule has 3 amide bonds. The molecule has 0 heterocycles. The SMILES string of the molecule is Cc1ccccc1NC(=O)CNCCNC(N)=O. The van der Waals surface area contributed by atoms with Gasteiger partial charge in [-0.3, -0.25) is 4.79 Å². The third kappa shape index (κ3) is 5.31. The Balaban J connectivity index is 2.22. The largest absolute Gasteiger partial charge is 0.352 e. The zero-order valence-electron chi connectivity index (χ0n) is 10.3. The molecule has 98 valence electrons. The standard InChI is InChI=1S/C12H18N4O2/c1-9-4-2-3-5-10(9)16-11(17)8-14-6-7-15-12(13)18/h2-5,14H,6-8H2,1H3,(H,16,17)(H3,13,15,18). The number of anilines is 1. The maximum absolute atomic E-state index is 11.6. The fourth-order valence-corrected chi connectivity index (χ4v) is 1.38. The first-order chi connectivity index (χ1) is 8.59. The summed E-state index contributed by atoms with van der Waals surface area (Å²) in [5, 5.41) is 8.12. The smallest absolute Gasteiger partial charge is 0.312 e. The van der Waals surface area contributed by atoms with E-state index in [1.807, 2.05) is 31.2 Å². The van der Waals surface area contributed by atoms with E-state index in [-0.39, 0.29) is 12.5 Å². The normalized spacial score (nSPS) is 9.83. The predicted molar refractivity (Wildman–Crippen MR) is 70.3 cm³/mol. The van der Waals surface area contributed by atoms with Gasteiger partial charge in [0.1, 0.15) is 0 Å². The van der Waals surface area contributed by atoms with Crippen LogP contribution >= 0.6 is 0 Å². The molecule has 18 heavy (non-hydrogen) atoms. The second-order valence-corrected chi connectivity index (χ2v) is 3.83. The topological polar surface area (TPSA) is 96.2 Å². The molecule has 6 nitrogen and oxygen atoms in total. The van der Waals surface area contributed by atoms with Gasteiger partial charge in [-0.15, -0.1) is 0 Å². The van der Waals surface area contributed by atoms with Crippen LogP contribution in [0.3, 0.4) is 0 Å². The highest BCUT2D eigenvalue weighted by molar-refractivity contribution is 5.92. The van der Waals surface area contributed by atoms with Crippen molar-refractivity contribution in [1.82, 2.24) is 10.6 Å². The number of hydrogen-bond acceptors (Lipinski definition) is 3. The summed E-state index contributed by atoms with van der Waals surface area (Å²) in [6.07, 6.45) is 0. The monoisotopic (exact) mass is 250 g/mol. The van der Waals surface area contributed by atoms with E-state index in [9.17, 15) is 9.59 Å². The van der Waals surface area contributed by atoms with Gasteiger partial charge in [-0.1, -0.05) is 18.2 Å². The second-order valence-electron chi connectivity index (χ2n) is 3.83. The van der Waals surface area contributed by atoms with Gasteiger partial charge in [0, 0.05) is 18.8 Å². The van der Waals surface area contributed by atoms with Crippen molar-refractivity contribution in [2.75, 3.05) is 25.0 Å². The first kappa shape index (κ1) is 14.0. The van der Waals surface area contributed by atoms with Crippen molar-refractivity contribution < 1.29 is 9.59 Å². The van der Waals surface area contributed by atoms with Gasteiger partial charge in [-0.25, -0.2) is 4.79 Å². The van der Waals surface area contributed by atoms with Crippen molar-refractivity contribution in [2.45, 2.75) is 6.92 Å². The number of carbonyl (C=O) groups is 2. The minimum atomic E-state index is -0.568. The Morgan fingerprint density at radius 3 is 2.61 bits per heavy atom. The van der Waals surface area contributed by atoms with E-state index in [4.69, 9.17) is 5.73 Å². The molecule has 0 aromatic heterocycles. The van der Waals surface area contributed by atoms with Gasteiger partial charge in [0.05, 0.1) is 6.54 Å². The van der Waals surface area contributed by atoms with Crippen LogP contribution in [0.5, 0.6) is 0 Å². The lowest BCUT2D eigenvalue weighted by molar-refractivity contribution is -0.115. The zero-order valence-corrected chi connectivity index (χ0v) is 10.3. The molecule has 6 heteroatoms. The molecular weight excluding hydrogens is 232 g/mol. The second kappa shape index (κ2) is 7.29. The molecule has 5 N–H and O–H groups in total. The van der Waals surface area contributed by atoms with E-state index in [0.717, 1.165) is 11.3 Å².